The molecule has 0 bridgehead atoms. The molecule has 0 radical (unpaired) electrons. The molecule has 0 amide bonds. The van der Waals surface area contributed by atoms with E-state index in [1.807, 2.05) is 12.1 Å². The summed E-state index contributed by atoms with van der Waals surface area (Å²) in [5.41, 5.74) is 1.29. The highest BCUT2D eigenvalue weighted by Gasteiger charge is 2.12. The van der Waals surface area contributed by atoms with Crippen molar-refractivity contribution in [3.05, 3.63) is 30.4 Å². The SMILES string of the molecule is N#CC(C#N)c1ncc2ncccc2n1. The number of hydrogen-bond donors (Lipinski definition) is 0. The summed E-state index contributed by atoms with van der Waals surface area (Å²) in [7, 11) is 0. The highest BCUT2D eigenvalue weighted by atomic mass is 14.9. The van der Waals surface area contributed by atoms with Crippen molar-refractivity contribution in [3.63, 3.8) is 0 Å². The second-order valence-corrected chi connectivity index (χ2v) is 2.83. The average Bonchev–Trinajstić information content (AvgIpc) is 2.30. The lowest BCUT2D eigenvalue weighted by Crippen LogP contribution is -2.00. The Kier molecular flexibility index (Phi) is 2.22. The summed E-state index contributed by atoms with van der Waals surface area (Å²) in [4.78, 5) is 12.1. The third kappa shape index (κ3) is 1.59. The number of nitrogens with zero attached hydrogens (tertiary/aromatic N) is 5. The van der Waals surface area contributed by atoms with Crippen LogP contribution in [0.3, 0.4) is 0 Å². The highest BCUT2D eigenvalue weighted by Crippen LogP contribution is 2.12. The van der Waals surface area contributed by atoms with E-state index in [-0.39, 0.29) is 5.82 Å². The fourth-order valence-electron chi connectivity index (χ4n) is 1.17. The number of nitriles is 2. The average molecular weight is 195 g/mol. The largest absolute Gasteiger partial charge is 0.253 e. The molecule has 0 fully saturated rings. The number of rotatable bonds is 1. The van der Waals surface area contributed by atoms with Gasteiger partial charge in [0.1, 0.15) is 5.52 Å². The Balaban J connectivity index is 2.58. The van der Waals surface area contributed by atoms with Crippen molar-refractivity contribution in [2.24, 2.45) is 0 Å². The molecular formula is C10H5N5. The van der Waals surface area contributed by atoms with Crippen LogP contribution in [0.25, 0.3) is 11.0 Å². The fraction of sp³-hybridized carbons (Fsp3) is 0.100. The Morgan fingerprint density at radius 2 is 1.93 bits per heavy atom. The number of pyridine rings is 1. The smallest absolute Gasteiger partial charge is 0.192 e. The molecular weight excluding hydrogens is 190 g/mol. The van der Waals surface area contributed by atoms with Gasteiger partial charge in [-0.3, -0.25) is 4.98 Å². The van der Waals surface area contributed by atoms with Crippen LogP contribution in [0, 0.1) is 22.7 Å². The van der Waals surface area contributed by atoms with Crippen LogP contribution in [0.1, 0.15) is 11.7 Å². The van der Waals surface area contributed by atoms with Crippen molar-refractivity contribution in [3.8, 4) is 12.1 Å². The zero-order valence-electron chi connectivity index (χ0n) is 7.62. The third-order valence-electron chi connectivity index (χ3n) is 1.89. The lowest BCUT2D eigenvalue weighted by molar-refractivity contribution is 0.941. The van der Waals surface area contributed by atoms with Crippen LogP contribution in [0.4, 0.5) is 0 Å². The zero-order chi connectivity index (χ0) is 10.7. The van der Waals surface area contributed by atoms with Gasteiger partial charge in [0, 0.05) is 6.20 Å². The van der Waals surface area contributed by atoms with Gasteiger partial charge in [-0.2, -0.15) is 10.5 Å². The van der Waals surface area contributed by atoms with Crippen molar-refractivity contribution < 1.29 is 0 Å². The summed E-state index contributed by atoms with van der Waals surface area (Å²) in [6, 6.07) is 7.16. The predicted octanol–water partition coefficient (Wildman–Crippen LogP) is 1.16. The molecule has 70 valence electrons. The van der Waals surface area contributed by atoms with Crippen molar-refractivity contribution in [1.29, 1.82) is 10.5 Å². The van der Waals surface area contributed by atoms with Gasteiger partial charge in [0.25, 0.3) is 0 Å². The molecule has 0 aliphatic carbocycles. The first-order valence-electron chi connectivity index (χ1n) is 4.22. The molecule has 0 spiro atoms. The van der Waals surface area contributed by atoms with Gasteiger partial charge in [-0.15, -0.1) is 0 Å². The minimum absolute atomic E-state index is 0.223. The van der Waals surface area contributed by atoms with Gasteiger partial charge >= 0.3 is 0 Å². The lowest BCUT2D eigenvalue weighted by atomic mass is 10.2. The summed E-state index contributed by atoms with van der Waals surface area (Å²) < 4.78 is 0. The van der Waals surface area contributed by atoms with E-state index in [4.69, 9.17) is 10.5 Å². The molecule has 0 aromatic carbocycles. The minimum atomic E-state index is -0.922. The molecule has 5 nitrogen and oxygen atoms in total. The third-order valence-corrected chi connectivity index (χ3v) is 1.89. The van der Waals surface area contributed by atoms with E-state index in [2.05, 4.69) is 15.0 Å². The van der Waals surface area contributed by atoms with E-state index < -0.39 is 5.92 Å². The van der Waals surface area contributed by atoms with Crippen LogP contribution in [-0.4, -0.2) is 15.0 Å². The Labute approximate surface area is 85.7 Å². The molecule has 0 N–H and O–H groups in total. The highest BCUT2D eigenvalue weighted by molar-refractivity contribution is 5.72. The van der Waals surface area contributed by atoms with Gasteiger partial charge in [-0.05, 0) is 12.1 Å². The minimum Gasteiger partial charge on any atom is -0.253 e. The first kappa shape index (κ1) is 9.04. The van der Waals surface area contributed by atoms with E-state index in [1.54, 1.807) is 18.3 Å². The van der Waals surface area contributed by atoms with Gasteiger partial charge in [-0.25, -0.2) is 9.97 Å². The van der Waals surface area contributed by atoms with Crippen LogP contribution in [0.2, 0.25) is 0 Å². The standard InChI is InChI=1S/C10H5N5/c11-4-7(5-12)10-14-6-9-8(15-10)2-1-3-13-9/h1-3,6-7H. The van der Waals surface area contributed by atoms with E-state index in [1.165, 1.54) is 6.20 Å². The monoisotopic (exact) mass is 195 g/mol. The van der Waals surface area contributed by atoms with E-state index in [0.29, 0.717) is 11.0 Å². The summed E-state index contributed by atoms with van der Waals surface area (Å²) in [6.45, 7) is 0. The van der Waals surface area contributed by atoms with Crippen LogP contribution >= 0.6 is 0 Å². The van der Waals surface area contributed by atoms with Crippen LogP contribution in [0.15, 0.2) is 24.5 Å². The van der Waals surface area contributed by atoms with Crippen molar-refractivity contribution >= 4 is 11.0 Å². The molecule has 2 aromatic rings. The molecule has 2 heterocycles. The van der Waals surface area contributed by atoms with Gasteiger partial charge < -0.3 is 0 Å². The molecule has 0 atom stereocenters. The molecule has 5 heteroatoms. The number of hydrogen-bond acceptors (Lipinski definition) is 5. The van der Waals surface area contributed by atoms with E-state index >= 15 is 0 Å². The second kappa shape index (κ2) is 3.69. The summed E-state index contributed by atoms with van der Waals surface area (Å²) in [6.07, 6.45) is 3.15. The Morgan fingerprint density at radius 3 is 2.67 bits per heavy atom. The molecule has 2 aromatic heterocycles. The Bertz CT molecular complexity index is 564. The fourth-order valence-corrected chi connectivity index (χ4v) is 1.17. The maximum atomic E-state index is 8.68. The first-order chi connectivity index (χ1) is 7.35. The van der Waals surface area contributed by atoms with Gasteiger partial charge in [0.2, 0.25) is 0 Å². The van der Waals surface area contributed by atoms with Crippen molar-refractivity contribution in [1.82, 2.24) is 15.0 Å². The summed E-state index contributed by atoms with van der Waals surface area (Å²) in [5.74, 6) is -0.699. The number of aromatic nitrogens is 3. The van der Waals surface area contributed by atoms with Crippen LogP contribution in [0.5, 0.6) is 0 Å². The Morgan fingerprint density at radius 1 is 1.13 bits per heavy atom. The molecule has 0 saturated heterocycles. The van der Waals surface area contributed by atoms with Gasteiger partial charge in [0.05, 0.1) is 23.9 Å². The lowest BCUT2D eigenvalue weighted by Gasteiger charge is -1.99. The van der Waals surface area contributed by atoms with E-state index in [9.17, 15) is 0 Å². The zero-order valence-corrected chi connectivity index (χ0v) is 7.62. The number of fused-ring (bicyclic) bond motifs is 1. The van der Waals surface area contributed by atoms with Crippen LogP contribution in [-0.2, 0) is 0 Å². The topological polar surface area (TPSA) is 86.2 Å². The normalized spacial score (nSPS) is 9.80. The maximum Gasteiger partial charge on any atom is 0.192 e. The maximum absolute atomic E-state index is 8.68. The molecule has 0 saturated carbocycles. The molecule has 0 aliphatic heterocycles. The molecule has 0 aliphatic rings. The Hall–Kier alpha value is -2.53. The van der Waals surface area contributed by atoms with Gasteiger partial charge in [-0.1, -0.05) is 0 Å². The van der Waals surface area contributed by atoms with Gasteiger partial charge in [0.15, 0.2) is 11.7 Å². The van der Waals surface area contributed by atoms with Crippen molar-refractivity contribution in [2.75, 3.05) is 0 Å². The van der Waals surface area contributed by atoms with Crippen molar-refractivity contribution in [2.45, 2.75) is 5.92 Å². The predicted molar refractivity (Wildman–Crippen MR) is 51.3 cm³/mol. The summed E-state index contributed by atoms with van der Waals surface area (Å²) in [5, 5.41) is 17.4. The molecule has 2 rings (SSSR count). The van der Waals surface area contributed by atoms with Crippen LogP contribution < -0.4 is 0 Å². The first-order valence-corrected chi connectivity index (χ1v) is 4.22. The summed E-state index contributed by atoms with van der Waals surface area (Å²) >= 11 is 0. The second-order valence-electron chi connectivity index (χ2n) is 2.83. The quantitative estimate of drug-likeness (QED) is 0.681. The molecule has 0 unspecified atom stereocenters. The van der Waals surface area contributed by atoms with E-state index in [0.717, 1.165) is 0 Å². The molecule has 15 heavy (non-hydrogen) atoms.